The van der Waals surface area contributed by atoms with Crippen LogP contribution in [0.5, 0.6) is 0 Å². The van der Waals surface area contributed by atoms with Gasteiger partial charge in [0.2, 0.25) is 5.91 Å². The van der Waals surface area contributed by atoms with Crippen LogP contribution in [-0.4, -0.2) is 29.2 Å². The van der Waals surface area contributed by atoms with Crippen LogP contribution < -0.4 is 5.32 Å². The van der Waals surface area contributed by atoms with Crippen LogP contribution >= 0.6 is 0 Å². The topological polar surface area (TPSA) is 66.5 Å². The Labute approximate surface area is 154 Å². The fourth-order valence-corrected chi connectivity index (χ4v) is 3.25. The number of nitrogens with one attached hydrogen (secondary N) is 1. The molecule has 6 heteroatoms. The van der Waals surface area contributed by atoms with Gasteiger partial charge in [-0.05, 0) is 41.8 Å². The van der Waals surface area contributed by atoms with E-state index in [9.17, 15) is 18.8 Å². The first-order chi connectivity index (χ1) is 13.0. The Morgan fingerprint density at radius 1 is 0.889 bits per heavy atom. The number of hydrogen-bond donors (Lipinski definition) is 1. The highest BCUT2D eigenvalue weighted by Crippen LogP contribution is 2.29. The van der Waals surface area contributed by atoms with Crippen molar-refractivity contribution in [3.8, 4) is 0 Å². The number of nitrogens with zero attached hydrogens (tertiary/aromatic N) is 1. The Kier molecular flexibility index (Phi) is 4.16. The highest BCUT2D eigenvalue weighted by molar-refractivity contribution is 6.25. The Hall–Kier alpha value is -3.54. The Morgan fingerprint density at radius 3 is 2.07 bits per heavy atom. The molecule has 0 saturated carbocycles. The lowest BCUT2D eigenvalue weighted by Crippen LogP contribution is -2.41. The van der Waals surface area contributed by atoms with Gasteiger partial charge >= 0.3 is 0 Å². The minimum Gasteiger partial charge on any atom is -0.326 e. The summed E-state index contributed by atoms with van der Waals surface area (Å²) in [6.45, 7) is -0.0323. The fraction of sp³-hybridized carbons (Fsp3) is 0.0952. The highest BCUT2D eigenvalue weighted by atomic mass is 19.1. The van der Waals surface area contributed by atoms with Gasteiger partial charge in [0.15, 0.2) is 0 Å². The molecule has 0 radical (unpaired) electrons. The number of benzene rings is 3. The number of halogens is 1. The van der Waals surface area contributed by atoms with Crippen molar-refractivity contribution in [2.24, 2.45) is 0 Å². The van der Waals surface area contributed by atoms with E-state index in [1.807, 2.05) is 12.1 Å². The smallest absolute Gasteiger partial charge is 0.261 e. The highest BCUT2D eigenvalue weighted by Gasteiger charge is 2.32. The summed E-state index contributed by atoms with van der Waals surface area (Å²) in [7, 11) is 0. The Balaban J connectivity index is 1.52. The molecule has 3 aromatic carbocycles. The van der Waals surface area contributed by atoms with Crippen molar-refractivity contribution in [3.05, 3.63) is 77.6 Å². The molecule has 0 aromatic heterocycles. The molecule has 27 heavy (non-hydrogen) atoms. The molecule has 1 aliphatic heterocycles. The van der Waals surface area contributed by atoms with Gasteiger partial charge < -0.3 is 5.32 Å². The fourth-order valence-electron chi connectivity index (χ4n) is 3.25. The van der Waals surface area contributed by atoms with Crippen molar-refractivity contribution in [1.82, 2.24) is 4.90 Å². The van der Waals surface area contributed by atoms with Gasteiger partial charge in [-0.2, -0.15) is 0 Å². The molecule has 5 nitrogen and oxygen atoms in total. The standard InChI is InChI=1S/C21H15FN2O3/c22-14-7-9-15(10-8-14)23-18(25)11-12-24-20(26)16-5-1-3-13-4-2-6-17(19(13)16)21(24)27/h1-10H,11-12H2,(H,23,25). The molecule has 0 atom stereocenters. The van der Waals surface area contributed by atoms with Gasteiger partial charge in [-0.15, -0.1) is 0 Å². The number of anilines is 1. The van der Waals surface area contributed by atoms with E-state index in [1.165, 1.54) is 24.3 Å². The van der Waals surface area contributed by atoms with E-state index in [2.05, 4.69) is 5.32 Å². The quantitative estimate of drug-likeness (QED) is 0.721. The number of carbonyl (C=O) groups excluding carboxylic acids is 3. The molecule has 134 valence electrons. The van der Waals surface area contributed by atoms with E-state index in [0.29, 0.717) is 22.2 Å². The number of carbonyl (C=O) groups is 3. The third-order valence-corrected chi connectivity index (χ3v) is 4.55. The van der Waals surface area contributed by atoms with Crippen LogP contribution in [0.15, 0.2) is 60.7 Å². The van der Waals surface area contributed by atoms with Crippen molar-refractivity contribution in [2.45, 2.75) is 6.42 Å². The molecule has 3 amide bonds. The average molecular weight is 362 g/mol. The molecule has 3 aromatic rings. The van der Waals surface area contributed by atoms with E-state index in [1.54, 1.807) is 24.3 Å². The van der Waals surface area contributed by atoms with Crippen molar-refractivity contribution in [1.29, 1.82) is 0 Å². The molecular formula is C21H15FN2O3. The van der Waals surface area contributed by atoms with E-state index >= 15 is 0 Å². The SMILES string of the molecule is O=C(CCN1C(=O)c2cccc3cccc(c23)C1=O)Nc1ccc(F)cc1. The molecule has 1 N–H and O–H groups in total. The van der Waals surface area contributed by atoms with Crippen molar-refractivity contribution >= 4 is 34.2 Å². The first kappa shape index (κ1) is 16.9. The third kappa shape index (κ3) is 3.06. The molecule has 0 aliphatic carbocycles. The third-order valence-electron chi connectivity index (χ3n) is 4.55. The summed E-state index contributed by atoms with van der Waals surface area (Å²) in [4.78, 5) is 38.7. The van der Waals surface area contributed by atoms with Gasteiger partial charge in [0.1, 0.15) is 5.82 Å². The van der Waals surface area contributed by atoms with Crippen LogP contribution in [0.1, 0.15) is 27.1 Å². The second-order valence-electron chi connectivity index (χ2n) is 6.28. The molecule has 0 fully saturated rings. The minimum atomic E-state index is -0.404. The van der Waals surface area contributed by atoms with E-state index in [0.717, 1.165) is 10.3 Å². The zero-order chi connectivity index (χ0) is 19.0. The summed E-state index contributed by atoms with van der Waals surface area (Å²) in [5.74, 6) is -1.57. The van der Waals surface area contributed by atoms with Gasteiger partial charge in [-0.3, -0.25) is 19.3 Å². The van der Waals surface area contributed by atoms with Crippen LogP contribution in [0.3, 0.4) is 0 Å². The van der Waals surface area contributed by atoms with Crippen LogP contribution in [0.2, 0.25) is 0 Å². The van der Waals surface area contributed by atoms with Gasteiger partial charge in [0.25, 0.3) is 11.8 Å². The number of rotatable bonds is 4. The zero-order valence-electron chi connectivity index (χ0n) is 14.2. The normalized spacial score (nSPS) is 13.1. The molecule has 1 aliphatic rings. The minimum absolute atomic E-state index is 0.0323. The first-order valence-electron chi connectivity index (χ1n) is 8.48. The molecule has 4 rings (SSSR count). The van der Waals surface area contributed by atoms with Crippen molar-refractivity contribution in [3.63, 3.8) is 0 Å². The molecule has 0 spiro atoms. The van der Waals surface area contributed by atoms with E-state index in [4.69, 9.17) is 0 Å². The number of imide groups is 1. The monoisotopic (exact) mass is 362 g/mol. The molecule has 0 unspecified atom stereocenters. The lowest BCUT2D eigenvalue weighted by atomic mass is 9.94. The lowest BCUT2D eigenvalue weighted by Gasteiger charge is -2.27. The predicted octanol–water partition coefficient (Wildman–Crippen LogP) is 3.60. The summed E-state index contributed by atoms with van der Waals surface area (Å²) >= 11 is 0. The second kappa shape index (κ2) is 6.64. The number of hydrogen-bond acceptors (Lipinski definition) is 3. The van der Waals surface area contributed by atoms with E-state index in [-0.39, 0.29) is 18.9 Å². The maximum atomic E-state index is 12.9. The molecule has 0 bridgehead atoms. The predicted molar refractivity (Wildman–Crippen MR) is 99.0 cm³/mol. The van der Waals surface area contributed by atoms with Crippen molar-refractivity contribution in [2.75, 3.05) is 11.9 Å². The van der Waals surface area contributed by atoms with Crippen molar-refractivity contribution < 1.29 is 18.8 Å². The summed E-state index contributed by atoms with van der Waals surface area (Å²) in [6, 6.07) is 16.0. The maximum absolute atomic E-state index is 12.9. The first-order valence-corrected chi connectivity index (χ1v) is 8.48. The summed E-state index contributed by atoms with van der Waals surface area (Å²) in [5, 5.41) is 4.11. The van der Waals surface area contributed by atoms with Gasteiger partial charge in [-0.1, -0.05) is 24.3 Å². The van der Waals surface area contributed by atoms with Crippen LogP contribution in [0.25, 0.3) is 10.8 Å². The van der Waals surface area contributed by atoms with Crippen LogP contribution in [0, 0.1) is 5.82 Å². The Bertz CT molecular complexity index is 1030. The molecule has 1 heterocycles. The van der Waals surface area contributed by atoms with Crippen LogP contribution in [0.4, 0.5) is 10.1 Å². The average Bonchev–Trinajstić information content (AvgIpc) is 2.67. The second-order valence-corrected chi connectivity index (χ2v) is 6.28. The molecular weight excluding hydrogens is 347 g/mol. The maximum Gasteiger partial charge on any atom is 0.261 e. The van der Waals surface area contributed by atoms with E-state index < -0.39 is 17.6 Å². The molecule has 0 saturated heterocycles. The summed E-state index contributed by atoms with van der Waals surface area (Å²) < 4.78 is 12.9. The van der Waals surface area contributed by atoms with Crippen LogP contribution in [-0.2, 0) is 4.79 Å². The Morgan fingerprint density at radius 2 is 1.48 bits per heavy atom. The van der Waals surface area contributed by atoms with Gasteiger partial charge in [0.05, 0.1) is 0 Å². The van der Waals surface area contributed by atoms with Gasteiger partial charge in [0, 0.05) is 35.2 Å². The summed E-state index contributed by atoms with van der Waals surface area (Å²) in [6.07, 6.45) is -0.0486. The largest absolute Gasteiger partial charge is 0.326 e. The number of amides is 3. The summed E-state index contributed by atoms with van der Waals surface area (Å²) in [5.41, 5.74) is 1.37. The van der Waals surface area contributed by atoms with Gasteiger partial charge in [-0.25, -0.2) is 4.39 Å². The zero-order valence-corrected chi connectivity index (χ0v) is 14.2. The lowest BCUT2D eigenvalue weighted by molar-refractivity contribution is -0.116.